The molecule has 1 rings (SSSR count). The zero-order valence-corrected chi connectivity index (χ0v) is 15.3. The molecule has 0 fully saturated rings. The fourth-order valence-corrected chi connectivity index (χ4v) is 2.85. The summed E-state index contributed by atoms with van der Waals surface area (Å²) in [7, 11) is 0. The molecule has 0 aliphatic carbocycles. The Labute approximate surface area is 137 Å². The molecule has 0 aliphatic rings. The van der Waals surface area contributed by atoms with Crippen molar-refractivity contribution in [3.63, 3.8) is 0 Å². The van der Waals surface area contributed by atoms with E-state index in [2.05, 4.69) is 67.1 Å². The first kappa shape index (κ1) is 18.2. The van der Waals surface area contributed by atoms with E-state index in [0.29, 0.717) is 18.3 Å². The highest BCUT2D eigenvalue weighted by Crippen LogP contribution is 2.32. The summed E-state index contributed by atoms with van der Waals surface area (Å²) < 4.78 is 0. The number of anilines is 1. The summed E-state index contributed by atoms with van der Waals surface area (Å²) in [4.78, 5) is 12.2. The summed E-state index contributed by atoms with van der Waals surface area (Å²) >= 11 is 3.42. The molecule has 0 spiro atoms. The average molecular weight is 354 g/mol. The number of benzene rings is 1. The van der Waals surface area contributed by atoms with Gasteiger partial charge in [0.05, 0.1) is 0 Å². The molecule has 118 valence electrons. The van der Waals surface area contributed by atoms with Gasteiger partial charge in [-0.05, 0) is 35.8 Å². The van der Waals surface area contributed by atoms with Gasteiger partial charge in [0.15, 0.2) is 0 Å². The summed E-state index contributed by atoms with van der Waals surface area (Å²) in [5.41, 5.74) is 3.50. The molecule has 0 aliphatic heterocycles. The van der Waals surface area contributed by atoms with Crippen LogP contribution in [0.25, 0.3) is 0 Å². The summed E-state index contributed by atoms with van der Waals surface area (Å²) in [5.74, 6) is 0.958. The van der Waals surface area contributed by atoms with Crippen molar-refractivity contribution >= 4 is 27.5 Å². The topological polar surface area (TPSA) is 29.1 Å². The Morgan fingerprint density at radius 2 is 1.62 bits per heavy atom. The molecule has 1 aromatic rings. The van der Waals surface area contributed by atoms with Gasteiger partial charge in [-0.3, -0.25) is 4.79 Å². The molecule has 0 saturated heterocycles. The highest BCUT2D eigenvalue weighted by Gasteiger charge is 2.15. The number of amides is 1. The van der Waals surface area contributed by atoms with Gasteiger partial charge in [-0.1, -0.05) is 68.2 Å². The molecule has 1 N–H and O–H groups in total. The lowest BCUT2D eigenvalue weighted by Gasteiger charge is -2.20. The van der Waals surface area contributed by atoms with Crippen molar-refractivity contribution < 1.29 is 4.79 Å². The number of carbonyl (C=O) groups is 1. The van der Waals surface area contributed by atoms with Crippen LogP contribution in [-0.2, 0) is 4.79 Å². The molecular formula is C18H28BrNO. The Bertz CT molecular complexity index is 428. The maximum atomic E-state index is 12.2. The second-order valence-corrected chi connectivity index (χ2v) is 6.96. The lowest BCUT2D eigenvalue weighted by molar-refractivity contribution is -0.116. The summed E-state index contributed by atoms with van der Waals surface area (Å²) in [6.07, 6.45) is 3.80. The van der Waals surface area contributed by atoms with Gasteiger partial charge in [-0.25, -0.2) is 0 Å². The number of hydrogen-bond donors (Lipinski definition) is 1. The minimum atomic E-state index is 0.138. The van der Waals surface area contributed by atoms with Gasteiger partial charge >= 0.3 is 0 Å². The highest BCUT2D eigenvalue weighted by molar-refractivity contribution is 9.09. The van der Waals surface area contributed by atoms with E-state index in [-0.39, 0.29) is 5.91 Å². The van der Waals surface area contributed by atoms with E-state index < -0.39 is 0 Å². The van der Waals surface area contributed by atoms with Crippen LogP contribution in [0.3, 0.4) is 0 Å². The SMILES string of the molecule is CC(C)c1cccc(C(C)C)c1NC(=O)CCCCCBr. The van der Waals surface area contributed by atoms with E-state index in [4.69, 9.17) is 0 Å². The van der Waals surface area contributed by atoms with Gasteiger partial charge < -0.3 is 5.32 Å². The zero-order valence-electron chi connectivity index (χ0n) is 13.7. The molecule has 0 aromatic heterocycles. The number of rotatable bonds is 8. The van der Waals surface area contributed by atoms with Gasteiger partial charge in [0.25, 0.3) is 0 Å². The quantitative estimate of drug-likeness (QED) is 0.462. The normalized spacial score (nSPS) is 11.2. The maximum absolute atomic E-state index is 12.2. The van der Waals surface area contributed by atoms with Crippen LogP contribution in [0.5, 0.6) is 0 Å². The molecule has 0 heterocycles. The molecular weight excluding hydrogens is 326 g/mol. The van der Waals surface area contributed by atoms with Crippen LogP contribution in [0.1, 0.15) is 76.3 Å². The summed E-state index contributed by atoms with van der Waals surface area (Å²) in [5, 5.41) is 4.18. The van der Waals surface area contributed by atoms with Gasteiger partial charge in [-0.15, -0.1) is 0 Å². The number of carbonyl (C=O) groups excluding carboxylic acids is 1. The maximum Gasteiger partial charge on any atom is 0.224 e. The van der Waals surface area contributed by atoms with Crippen molar-refractivity contribution in [2.75, 3.05) is 10.6 Å². The molecule has 21 heavy (non-hydrogen) atoms. The molecule has 1 aromatic carbocycles. The van der Waals surface area contributed by atoms with E-state index in [9.17, 15) is 4.79 Å². The molecule has 1 amide bonds. The van der Waals surface area contributed by atoms with Crippen molar-refractivity contribution in [2.45, 2.75) is 65.2 Å². The average Bonchev–Trinajstić information content (AvgIpc) is 2.43. The van der Waals surface area contributed by atoms with Crippen LogP contribution in [-0.4, -0.2) is 11.2 Å². The van der Waals surface area contributed by atoms with Crippen LogP contribution in [0, 0.1) is 0 Å². The monoisotopic (exact) mass is 353 g/mol. The van der Waals surface area contributed by atoms with Crippen LogP contribution in [0.4, 0.5) is 5.69 Å². The fourth-order valence-electron chi connectivity index (χ4n) is 2.45. The fraction of sp³-hybridized carbons (Fsp3) is 0.611. The molecule has 0 atom stereocenters. The first-order chi connectivity index (χ1) is 9.97. The third-order valence-corrected chi connectivity index (χ3v) is 4.24. The number of hydrogen-bond acceptors (Lipinski definition) is 1. The smallest absolute Gasteiger partial charge is 0.224 e. The van der Waals surface area contributed by atoms with Crippen molar-refractivity contribution in [1.29, 1.82) is 0 Å². The number of para-hydroxylation sites is 1. The minimum absolute atomic E-state index is 0.138. The number of nitrogens with one attached hydrogen (secondary N) is 1. The van der Waals surface area contributed by atoms with Crippen LogP contribution in [0.15, 0.2) is 18.2 Å². The van der Waals surface area contributed by atoms with Crippen molar-refractivity contribution in [3.05, 3.63) is 29.3 Å². The minimum Gasteiger partial charge on any atom is -0.326 e. The second kappa shape index (κ2) is 9.24. The van der Waals surface area contributed by atoms with Crippen molar-refractivity contribution in [2.24, 2.45) is 0 Å². The van der Waals surface area contributed by atoms with E-state index in [0.717, 1.165) is 30.3 Å². The van der Waals surface area contributed by atoms with Crippen molar-refractivity contribution in [1.82, 2.24) is 0 Å². The van der Waals surface area contributed by atoms with Gasteiger partial charge in [-0.2, -0.15) is 0 Å². The van der Waals surface area contributed by atoms with E-state index >= 15 is 0 Å². The Hall–Kier alpha value is -0.830. The summed E-state index contributed by atoms with van der Waals surface area (Å²) in [6, 6.07) is 6.34. The lowest BCUT2D eigenvalue weighted by atomic mass is 9.92. The number of unbranched alkanes of at least 4 members (excludes halogenated alkanes) is 2. The van der Waals surface area contributed by atoms with Gasteiger partial charge in [0, 0.05) is 17.4 Å². The number of alkyl halides is 1. The predicted octanol–water partition coefficient (Wildman–Crippen LogP) is 5.83. The Balaban J connectivity index is 2.82. The molecule has 2 nitrogen and oxygen atoms in total. The largest absolute Gasteiger partial charge is 0.326 e. The van der Waals surface area contributed by atoms with E-state index in [1.165, 1.54) is 11.1 Å². The van der Waals surface area contributed by atoms with E-state index in [1.807, 2.05) is 0 Å². The predicted molar refractivity (Wildman–Crippen MR) is 95.5 cm³/mol. The lowest BCUT2D eigenvalue weighted by Crippen LogP contribution is -2.15. The Morgan fingerprint density at radius 3 is 2.10 bits per heavy atom. The molecule has 0 radical (unpaired) electrons. The van der Waals surface area contributed by atoms with Gasteiger partial charge in [0.2, 0.25) is 5.91 Å². The van der Waals surface area contributed by atoms with Crippen LogP contribution >= 0.6 is 15.9 Å². The second-order valence-electron chi connectivity index (χ2n) is 6.17. The molecule has 0 saturated carbocycles. The molecule has 3 heteroatoms. The van der Waals surface area contributed by atoms with Crippen LogP contribution in [0.2, 0.25) is 0 Å². The first-order valence-corrected chi connectivity index (χ1v) is 9.08. The van der Waals surface area contributed by atoms with Crippen molar-refractivity contribution in [3.8, 4) is 0 Å². The Kier molecular flexibility index (Phi) is 8.02. The first-order valence-electron chi connectivity index (χ1n) is 7.96. The number of halogens is 1. The third-order valence-electron chi connectivity index (χ3n) is 3.67. The highest BCUT2D eigenvalue weighted by atomic mass is 79.9. The summed E-state index contributed by atoms with van der Waals surface area (Å²) in [6.45, 7) is 8.69. The molecule has 0 bridgehead atoms. The Morgan fingerprint density at radius 1 is 1.05 bits per heavy atom. The van der Waals surface area contributed by atoms with E-state index in [1.54, 1.807) is 0 Å². The molecule has 0 unspecified atom stereocenters. The van der Waals surface area contributed by atoms with Crippen LogP contribution < -0.4 is 5.32 Å². The zero-order chi connectivity index (χ0) is 15.8. The van der Waals surface area contributed by atoms with Gasteiger partial charge in [0.1, 0.15) is 0 Å². The standard InChI is InChI=1S/C18H28BrNO/c1-13(2)15-9-8-10-16(14(3)4)18(15)20-17(21)11-6-5-7-12-19/h8-10,13-14H,5-7,11-12H2,1-4H3,(H,20,21). The third kappa shape index (κ3) is 5.82.